The van der Waals surface area contributed by atoms with Crippen molar-refractivity contribution in [3.05, 3.63) is 34.9 Å². The highest BCUT2D eigenvalue weighted by Gasteiger charge is 2.22. The predicted molar refractivity (Wildman–Crippen MR) is 76.1 cm³/mol. The molecule has 0 heterocycles. The second kappa shape index (κ2) is 7.42. The number of esters is 1. The van der Waals surface area contributed by atoms with E-state index in [9.17, 15) is 14.4 Å². The van der Waals surface area contributed by atoms with Crippen LogP contribution >= 0.6 is 0 Å². The molecule has 0 radical (unpaired) electrons. The zero-order valence-electron chi connectivity index (χ0n) is 12.3. The quantitative estimate of drug-likeness (QED) is 0.774. The Morgan fingerprint density at radius 2 is 1.76 bits per heavy atom. The third-order valence-corrected chi connectivity index (χ3v) is 2.95. The lowest BCUT2D eigenvalue weighted by atomic mass is 10.1. The first kappa shape index (κ1) is 16.7. The molecule has 21 heavy (non-hydrogen) atoms. The van der Waals surface area contributed by atoms with E-state index in [0.29, 0.717) is 5.56 Å². The number of hydrogen-bond acceptors (Lipinski definition) is 4. The van der Waals surface area contributed by atoms with Gasteiger partial charge in [-0.15, -0.1) is 0 Å². The summed E-state index contributed by atoms with van der Waals surface area (Å²) in [7, 11) is 1.23. The van der Waals surface area contributed by atoms with Gasteiger partial charge >= 0.3 is 11.9 Å². The molecular weight excluding hydrogens is 274 g/mol. The molecule has 6 heteroatoms. The van der Waals surface area contributed by atoms with E-state index in [2.05, 4.69) is 10.1 Å². The van der Waals surface area contributed by atoms with Gasteiger partial charge in [-0.3, -0.25) is 9.59 Å². The van der Waals surface area contributed by atoms with Gasteiger partial charge in [0.2, 0.25) is 0 Å². The molecule has 0 spiro atoms. The van der Waals surface area contributed by atoms with Gasteiger partial charge in [0.1, 0.15) is 6.04 Å². The summed E-state index contributed by atoms with van der Waals surface area (Å²) >= 11 is 0. The Morgan fingerprint density at radius 3 is 2.24 bits per heavy atom. The molecule has 0 fully saturated rings. The summed E-state index contributed by atoms with van der Waals surface area (Å²) in [6.07, 6.45) is -0.0842. The lowest BCUT2D eigenvalue weighted by Gasteiger charge is -2.14. The largest absolute Gasteiger partial charge is 0.480 e. The average Bonchev–Trinajstić information content (AvgIpc) is 2.41. The number of rotatable bonds is 6. The van der Waals surface area contributed by atoms with Crippen molar-refractivity contribution in [3.63, 3.8) is 0 Å². The van der Waals surface area contributed by atoms with Crippen LogP contribution in [0.1, 0.15) is 34.3 Å². The topological polar surface area (TPSA) is 92.7 Å². The highest BCUT2D eigenvalue weighted by atomic mass is 16.5. The number of ether oxygens (including phenoxy) is 1. The van der Waals surface area contributed by atoms with Crippen LogP contribution in [0.15, 0.2) is 18.2 Å². The molecule has 0 aromatic heterocycles. The number of carbonyl (C=O) groups excluding carboxylic acids is 2. The standard InChI is InChI=1S/C15H19NO5/c1-9-6-10(2)8-11(7-9)14(18)16-12(15(19)20)4-5-13(17)21-3/h6-8,12H,4-5H2,1-3H3,(H,16,18)(H,19,20)/t12-/m0/s1. The normalized spacial score (nSPS) is 11.6. The zero-order valence-corrected chi connectivity index (χ0v) is 12.3. The Kier molecular flexibility index (Phi) is 5.90. The van der Waals surface area contributed by atoms with Crippen molar-refractivity contribution in [2.24, 2.45) is 0 Å². The van der Waals surface area contributed by atoms with Crippen molar-refractivity contribution in [2.45, 2.75) is 32.7 Å². The minimum atomic E-state index is -1.18. The first-order valence-electron chi connectivity index (χ1n) is 6.52. The van der Waals surface area contributed by atoms with Crippen LogP contribution in [-0.2, 0) is 14.3 Å². The van der Waals surface area contributed by atoms with E-state index in [4.69, 9.17) is 5.11 Å². The smallest absolute Gasteiger partial charge is 0.326 e. The fourth-order valence-corrected chi connectivity index (χ4v) is 1.97. The van der Waals surface area contributed by atoms with Gasteiger partial charge in [-0.05, 0) is 32.4 Å². The molecule has 1 amide bonds. The van der Waals surface area contributed by atoms with E-state index in [1.165, 1.54) is 7.11 Å². The number of benzene rings is 1. The van der Waals surface area contributed by atoms with E-state index >= 15 is 0 Å². The molecule has 2 N–H and O–H groups in total. The number of aryl methyl sites for hydroxylation is 2. The molecule has 1 aromatic rings. The Hall–Kier alpha value is -2.37. The molecule has 1 atom stereocenters. The molecule has 1 rings (SSSR count). The third kappa shape index (κ3) is 5.25. The number of methoxy groups -OCH3 is 1. The van der Waals surface area contributed by atoms with E-state index in [1.54, 1.807) is 12.1 Å². The molecule has 1 aromatic carbocycles. The van der Waals surface area contributed by atoms with Crippen LogP contribution in [0, 0.1) is 13.8 Å². The lowest BCUT2D eigenvalue weighted by molar-refractivity contribution is -0.142. The fraction of sp³-hybridized carbons (Fsp3) is 0.400. The van der Waals surface area contributed by atoms with Gasteiger partial charge in [0.05, 0.1) is 7.11 Å². The average molecular weight is 293 g/mol. The second-order valence-electron chi connectivity index (χ2n) is 4.86. The highest BCUT2D eigenvalue weighted by molar-refractivity contribution is 5.97. The molecule has 0 aliphatic heterocycles. The Balaban J connectivity index is 2.76. The van der Waals surface area contributed by atoms with Crippen LogP contribution in [0.5, 0.6) is 0 Å². The van der Waals surface area contributed by atoms with Crippen LogP contribution in [0.3, 0.4) is 0 Å². The van der Waals surface area contributed by atoms with Crippen molar-refractivity contribution in [2.75, 3.05) is 7.11 Å². The van der Waals surface area contributed by atoms with E-state index in [-0.39, 0.29) is 12.8 Å². The predicted octanol–water partition coefficient (Wildman–Crippen LogP) is 1.44. The molecule has 6 nitrogen and oxygen atoms in total. The van der Waals surface area contributed by atoms with Crippen LogP contribution in [0.2, 0.25) is 0 Å². The third-order valence-electron chi connectivity index (χ3n) is 2.95. The van der Waals surface area contributed by atoms with Gasteiger partial charge in [0.15, 0.2) is 0 Å². The van der Waals surface area contributed by atoms with Crippen molar-refractivity contribution < 1.29 is 24.2 Å². The molecule has 0 bridgehead atoms. The maximum atomic E-state index is 12.1. The fourth-order valence-electron chi connectivity index (χ4n) is 1.97. The molecule has 0 saturated heterocycles. The second-order valence-corrected chi connectivity index (χ2v) is 4.86. The minimum Gasteiger partial charge on any atom is -0.480 e. The van der Waals surface area contributed by atoms with Crippen molar-refractivity contribution in [1.29, 1.82) is 0 Å². The summed E-state index contributed by atoms with van der Waals surface area (Å²) in [5.41, 5.74) is 2.24. The van der Waals surface area contributed by atoms with Crippen LogP contribution < -0.4 is 5.32 Å². The minimum absolute atomic E-state index is 0.0153. The summed E-state index contributed by atoms with van der Waals surface area (Å²) < 4.78 is 4.46. The van der Waals surface area contributed by atoms with Crippen molar-refractivity contribution in [3.8, 4) is 0 Å². The summed E-state index contributed by atoms with van der Waals surface area (Å²) in [6.45, 7) is 3.71. The Labute approximate surface area is 123 Å². The van der Waals surface area contributed by atoms with Gasteiger partial charge in [0, 0.05) is 12.0 Å². The molecule has 0 aliphatic rings. The van der Waals surface area contributed by atoms with Gasteiger partial charge in [-0.2, -0.15) is 0 Å². The summed E-state index contributed by atoms with van der Waals surface area (Å²) in [5.74, 6) is -2.17. The monoisotopic (exact) mass is 293 g/mol. The SMILES string of the molecule is COC(=O)CC[C@H](NC(=O)c1cc(C)cc(C)c1)C(=O)O. The Morgan fingerprint density at radius 1 is 1.19 bits per heavy atom. The molecule has 114 valence electrons. The number of carboxylic acids is 1. The van der Waals surface area contributed by atoms with Gasteiger partial charge in [0.25, 0.3) is 5.91 Å². The number of carboxylic acid groups (broad SMARTS) is 1. The summed E-state index contributed by atoms with van der Waals surface area (Å²) in [5, 5.41) is 11.5. The zero-order chi connectivity index (χ0) is 16.0. The number of aliphatic carboxylic acids is 1. The number of nitrogens with one attached hydrogen (secondary N) is 1. The molecule has 0 saturated carbocycles. The maximum Gasteiger partial charge on any atom is 0.326 e. The van der Waals surface area contributed by atoms with E-state index < -0.39 is 23.9 Å². The number of hydrogen-bond donors (Lipinski definition) is 2. The first-order valence-corrected chi connectivity index (χ1v) is 6.52. The van der Waals surface area contributed by atoms with Crippen molar-refractivity contribution >= 4 is 17.8 Å². The van der Waals surface area contributed by atoms with Gasteiger partial charge in [-0.25, -0.2) is 4.79 Å². The van der Waals surface area contributed by atoms with Gasteiger partial charge in [-0.1, -0.05) is 17.2 Å². The van der Waals surface area contributed by atoms with Crippen LogP contribution in [0.25, 0.3) is 0 Å². The van der Waals surface area contributed by atoms with Gasteiger partial charge < -0.3 is 15.2 Å². The van der Waals surface area contributed by atoms with E-state index in [0.717, 1.165) is 11.1 Å². The lowest BCUT2D eigenvalue weighted by Crippen LogP contribution is -2.41. The highest BCUT2D eigenvalue weighted by Crippen LogP contribution is 2.10. The molecule has 0 unspecified atom stereocenters. The van der Waals surface area contributed by atoms with Crippen LogP contribution in [-0.4, -0.2) is 36.1 Å². The summed E-state index contributed by atoms with van der Waals surface area (Å²) in [6, 6.07) is 4.16. The number of amides is 1. The van der Waals surface area contributed by atoms with Crippen LogP contribution in [0.4, 0.5) is 0 Å². The summed E-state index contributed by atoms with van der Waals surface area (Å²) in [4.78, 5) is 34.3. The first-order chi connectivity index (χ1) is 9.83. The van der Waals surface area contributed by atoms with Crippen molar-refractivity contribution in [1.82, 2.24) is 5.32 Å². The number of carbonyl (C=O) groups is 3. The molecule has 0 aliphatic carbocycles. The maximum absolute atomic E-state index is 12.1. The Bertz CT molecular complexity index is 533. The molecular formula is C15H19NO5. The van der Waals surface area contributed by atoms with E-state index in [1.807, 2.05) is 19.9 Å².